The second kappa shape index (κ2) is 9.31. The van der Waals surface area contributed by atoms with Crippen LogP contribution in [-0.2, 0) is 4.74 Å². The molecule has 2 heterocycles. The summed E-state index contributed by atoms with van der Waals surface area (Å²) >= 11 is 6.05. The van der Waals surface area contributed by atoms with Crippen LogP contribution >= 0.6 is 11.6 Å². The van der Waals surface area contributed by atoms with E-state index in [0.29, 0.717) is 5.69 Å². The number of H-pyrrole nitrogens is 1. The third-order valence-corrected chi connectivity index (χ3v) is 4.25. The number of pyridine rings is 1. The standard InChI is InChI=1S/C20H17ClFN3O4/c1-28-7-8-29-16-5-4-14(21)17(18(16)22)19(26)12-9-15(24-10-12)20(27)25-13-3-2-6-23-11-13/h2-6,9-11,24H,7-8H2,1H3,(H,25,27). The molecular formula is C20H17ClFN3O4. The average molecular weight is 418 g/mol. The van der Waals surface area contributed by atoms with E-state index in [4.69, 9.17) is 21.1 Å². The van der Waals surface area contributed by atoms with Crippen molar-refractivity contribution in [2.45, 2.75) is 0 Å². The number of hydrogen-bond donors (Lipinski definition) is 2. The van der Waals surface area contributed by atoms with E-state index < -0.39 is 17.5 Å². The Bertz CT molecular complexity index is 1020. The molecule has 0 aliphatic rings. The number of aromatic amines is 1. The highest BCUT2D eigenvalue weighted by Crippen LogP contribution is 2.29. The van der Waals surface area contributed by atoms with Crippen molar-refractivity contribution >= 4 is 29.0 Å². The molecule has 150 valence electrons. The summed E-state index contributed by atoms with van der Waals surface area (Å²) in [4.78, 5) is 31.7. The highest BCUT2D eigenvalue weighted by atomic mass is 35.5. The first-order valence-corrected chi connectivity index (χ1v) is 8.93. The van der Waals surface area contributed by atoms with E-state index in [1.807, 2.05) is 0 Å². The fourth-order valence-corrected chi connectivity index (χ4v) is 2.76. The van der Waals surface area contributed by atoms with Crippen molar-refractivity contribution in [1.29, 1.82) is 0 Å². The number of nitrogens with zero attached hydrogens (tertiary/aromatic N) is 1. The van der Waals surface area contributed by atoms with Gasteiger partial charge in [0.25, 0.3) is 5.91 Å². The van der Waals surface area contributed by atoms with Gasteiger partial charge in [-0.2, -0.15) is 0 Å². The molecule has 0 radical (unpaired) electrons. The van der Waals surface area contributed by atoms with E-state index in [0.717, 1.165) is 0 Å². The molecule has 2 aromatic heterocycles. The minimum Gasteiger partial charge on any atom is -0.488 e. The number of carbonyl (C=O) groups is 2. The van der Waals surface area contributed by atoms with Gasteiger partial charge in [-0.15, -0.1) is 0 Å². The van der Waals surface area contributed by atoms with Gasteiger partial charge in [-0.1, -0.05) is 11.6 Å². The van der Waals surface area contributed by atoms with Gasteiger partial charge >= 0.3 is 0 Å². The lowest BCUT2D eigenvalue weighted by Gasteiger charge is -2.10. The number of ether oxygens (including phenoxy) is 2. The first kappa shape index (κ1) is 20.5. The zero-order chi connectivity index (χ0) is 20.8. The molecular weight excluding hydrogens is 401 g/mol. The molecule has 3 rings (SSSR count). The number of carbonyl (C=O) groups excluding carboxylic acids is 2. The molecule has 1 aromatic carbocycles. The highest BCUT2D eigenvalue weighted by Gasteiger charge is 2.23. The number of halogens is 2. The Kier molecular flexibility index (Phi) is 6.58. The molecule has 0 saturated heterocycles. The summed E-state index contributed by atoms with van der Waals surface area (Å²) in [6, 6.07) is 7.38. The van der Waals surface area contributed by atoms with E-state index in [9.17, 15) is 14.0 Å². The van der Waals surface area contributed by atoms with Gasteiger partial charge in [-0.3, -0.25) is 14.6 Å². The van der Waals surface area contributed by atoms with Crippen molar-refractivity contribution in [2.24, 2.45) is 0 Å². The van der Waals surface area contributed by atoms with Crippen LogP contribution in [-0.4, -0.2) is 42.0 Å². The molecule has 0 aliphatic heterocycles. The molecule has 0 aliphatic carbocycles. The van der Waals surface area contributed by atoms with E-state index >= 15 is 0 Å². The van der Waals surface area contributed by atoms with Crippen molar-refractivity contribution in [2.75, 3.05) is 25.6 Å². The Morgan fingerprint density at radius 3 is 2.83 bits per heavy atom. The third kappa shape index (κ3) is 4.79. The van der Waals surface area contributed by atoms with Crippen LogP contribution in [0.1, 0.15) is 26.4 Å². The van der Waals surface area contributed by atoms with Crippen LogP contribution in [0.3, 0.4) is 0 Å². The molecule has 2 N–H and O–H groups in total. The van der Waals surface area contributed by atoms with Crippen molar-refractivity contribution in [3.63, 3.8) is 0 Å². The Labute approximate surface area is 170 Å². The van der Waals surface area contributed by atoms with Gasteiger partial charge in [0.15, 0.2) is 17.3 Å². The van der Waals surface area contributed by atoms with E-state index in [-0.39, 0.29) is 40.8 Å². The number of methoxy groups -OCH3 is 1. The van der Waals surface area contributed by atoms with Gasteiger partial charge in [0.2, 0.25) is 0 Å². The molecule has 0 bridgehead atoms. The molecule has 0 fully saturated rings. The minimum absolute atomic E-state index is 0.0610. The molecule has 3 aromatic rings. The summed E-state index contributed by atoms with van der Waals surface area (Å²) in [5.74, 6) is -2.14. The van der Waals surface area contributed by atoms with Crippen LogP contribution in [0.2, 0.25) is 5.02 Å². The monoisotopic (exact) mass is 417 g/mol. The van der Waals surface area contributed by atoms with Crippen molar-refractivity contribution in [3.8, 4) is 5.75 Å². The second-order valence-corrected chi connectivity index (χ2v) is 6.31. The largest absolute Gasteiger partial charge is 0.488 e. The molecule has 9 heteroatoms. The Balaban J connectivity index is 1.81. The molecule has 0 saturated carbocycles. The second-order valence-electron chi connectivity index (χ2n) is 5.90. The maximum absolute atomic E-state index is 14.8. The molecule has 7 nitrogen and oxygen atoms in total. The number of aromatic nitrogens is 2. The lowest BCUT2D eigenvalue weighted by atomic mass is 10.0. The van der Waals surface area contributed by atoms with Gasteiger partial charge < -0.3 is 19.8 Å². The predicted octanol–water partition coefficient (Wildman–Crippen LogP) is 3.71. The maximum Gasteiger partial charge on any atom is 0.272 e. The topological polar surface area (TPSA) is 93.3 Å². The Morgan fingerprint density at radius 1 is 1.28 bits per heavy atom. The van der Waals surface area contributed by atoms with Gasteiger partial charge in [0, 0.05) is 25.1 Å². The van der Waals surface area contributed by atoms with Crippen LogP contribution in [0.4, 0.5) is 10.1 Å². The van der Waals surface area contributed by atoms with Gasteiger partial charge in [0.1, 0.15) is 12.3 Å². The Morgan fingerprint density at radius 2 is 2.10 bits per heavy atom. The third-order valence-electron chi connectivity index (χ3n) is 3.94. The summed E-state index contributed by atoms with van der Waals surface area (Å²) in [6.07, 6.45) is 4.37. The molecule has 0 unspecified atom stereocenters. The van der Waals surface area contributed by atoms with Crippen LogP contribution in [0.25, 0.3) is 0 Å². The highest BCUT2D eigenvalue weighted by molar-refractivity contribution is 6.35. The SMILES string of the molecule is COCCOc1ccc(Cl)c(C(=O)c2c[nH]c(C(=O)Nc3cccnc3)c2)c1F. The number of rotatable bonds is 8. The predicted molar refractivity (Wildman–Crippen MR) is 105 cm³/mol. The maximum atomic E-state index is 14.8. The number of benzene rings is 1. The fourth-order valence-electron chi connectivity index (χ4n) is 2.52. The fraction of sp³-hybridized carbons (Fsp3) is 0.150. The first-order chi connectivity index (χ1) is 14.0. The summed E-state index contributed by atoms with van der Waals surface area (Å²) in [7, 11) is 1.49. The van der Waals surface area contributed by atoms with Crippen molar-refractivity contribution < 1.29 is 23.5 Å². The number of anilines is 1. The van der Waals surface area contributed by atoms with E-state index in [1.54, 1.807) is 18.3 Å². The Hall–Kier alpha value is -3.23. The molecule has 0 atom stereocenters. The molecule has 1 amide bonds. The molecule has 29 heavy (non-hydrogen) atoms. The van der Waals surface area contributed by atoms with E-state index in [2.05, 4.69) is 15.3 Å². The number of ketones is 1. The van der Waals surface area contributed by atoms with E-state index in [1.165, 1.54) is 37.7 Å². The smallest absolute Gasteiger partial charge is 0.272 e. The quantitative estimate of drug-likeness (QED) is 0.430. The zero-order valence-electron chi connectivity index (χ0n) is 15.4. The van der Waals surface area contributed by atoms with Crippen molar-refractivity contribution in [3.05, 3.63) is 76.6 Å². The summed E-state index contributed by atoms with van der Waals surface area (Å²) in [5, 5.41) is 2.57. The first-order valence-electron chi connectivity index (χ1n) is 8.55. The number of nitrogens with one attached hydrogen (secondary N) is 2. The lowest BCUT2D eigenvalue weighted by Crippen LogP contribution is -2.12. The van der Waals surface area contributed by atoms with Gasteiger partial charge in [-0.25, -0.2) is 4.39 Å². The molecule has 0 spiro atoms. The summed E-state index contributed by atoms with van der Waals surface area (Å²) in [6.45, 7) is 0.379. The van der Waals surface area contributed by atoms with Gasteiger partial charge in [-0.05, 0) is 30.3 Å². The van der Waals surface area contributed by atoms with Crippen LogP contribution in [0, 0.1) is 5.82 Å². The average Bonchev–Trinajstić information content (AvgIpc) is 3.21. The summed E-state index contributed by atoms with van der Waals surface area (Å²) < 4.78 is 24.9. The normalized spacial score (nSPS) is 10.6. The number of hydrogen-bond acceptors (Lipinski definition) is 5. The zero-order valence-corrected chi connectivity index (χ0v) is 16.1. The van der Waals surface area contributed by atoms with Crippen LogP contribution < -0.4 is 10.1 Å². The van der Waals surface area contributed by atoms with Gasteiger partial charge in [0.05, 0.1) is 29.1 Å². The van der Waals surface area contributed by atoms with Crippen LogP contribution in [0.5, 0.6) is 5.75 Å². The van der Waals surface area contributed by atoms with Crippen LogP contribution in [0.15, 0.2) is 48.9 Å². The number of amides is 1. The van der Waals surface area contributed by atoms with Crippen molar-refractivity contribution in [1.82, 2.24) is 9.97 Å². The minimum atomic E-state index is -0.874. The summed E-state index contributed by atoms with van der Waals surface area (Å²) in [5.41, 5.74) is 0.368. The lowest BCUT2D eigenvalue weighted by molar-refractivity contribution is 0.102.